The summed E-state index contributed by atoms with van der Waals surface area (Å²) in [7, 11) is 0. The largest absolute Gasteiger partial charge is 0.463 e. The van der Waals surface area contributed by atoms with Crippen LogP contribution >= 0.6 is 0 Å². The molecule has 0 radical (unpaired) electrons. The number of carbonyl (C=O) groups is 1. The predicted octanol–water partition coefficient (Wildman–Crippen LogP) is 3.94. The predicted molar refractivity (Wildman–Crippen MR) is 76.0 cm³/mol. The van der Waals surface area contributed by atoms with Gasteiger partial charge >= 0.3 is 5.97 Å². The highest BCUT2D eigenvalue weighted by Crippen LogP contribution is 2.24. The van der Waals surface area contributed by atoms with Crippen molar-refractivity contribution in [2.75, 3.05) is 6.61 Å². The normalized spacial score (nSPS) is 12.5. The Bertz CT molecular complexity index is 443. The molecule has 0 amide bonds. The fourth-order valence-electron chi connectivity index (χ4n) is 1.93. The van der Waals surface area contributed by atoms with Gasteiger partial charge in [0.25, 0.3) is 0 Å². The minimum Gasteiger partial charge on any atom is -0.463 e. The number of rotatable bonds is 7. The van der Waals surface area contributed by atoms with E-state index in [1.807, 2.05) is 27.7 Å². The van der Waals surface area contributed by atoms with Crippen molar-refractivity contribution in [3.05, 3.63) is 35.1 Å². The van der Waals surface area contributed by atoms with E-state index in [1.54, 1.807) is 6.07 Å². The van der Waals surface area contributed by atoms with E-state index in [1.165, 1.54) is 12.1 Å². The summed E-state index contributed by atoms with van der Waals surface area (Å²) in [5, 5.41) is 0. The molecule has 20 heavy (non-hydrogen) atoms. The Balaban J connectivity index is 2.83. The maximum atomic E-state index is 13.4. The number of carbonyl (C=O) groups excluding carboxylic acids is 1. The topological polar surface area (TPSA) is 35.5 Å². The fourth-order valence-corrected chi connectivity index (χ4v) is 1.93. The van der Waals surface area contributed by atoms with Crippen LogP contribution in [-0.2, 0) is 14.3 Å². The number of hydrogen-bond donors (Lipinski definition) is 0. The van der Waals surface area contributed by atoms with Crippen LogP contribution in [-0.4, -0.2) is 18.7 Å². The summed E-state index contributed by atoms with van der Waals surface area (Å²) in [6.07, 6.45) is 0.656. The molecule has 1 atom stereocenters. The molecule has 0 fully saturated rings. The van der Waals surface area contributed by atoms with Crippen LogP contribution < -0.4 is 0 Å². The molecule has 0 bridgehead atoms. The van der Waals surface area contributed by atoms with Crippen LogP contribution in [0.3, 0.4) is 0 Å². The van der Waals surface area contributed by atoms with Crippen molar-refractivity contribution < 1.29 is 18.7 Å². The zero-order chi connectivity index (χ0) is 15.1. The first-order valence-corrected chi connectivity index (χ1v) is 7.01. The SMILES string of the molecule is CCCC(=O)OC[C@H](OC(C)C)c1cc(F)ccc1C. The number of esters is 1. The molecule has 4 heteroatoms. The van der Waals surface area contributed by atoms with E-state index in [0.717, 1.165) is 17.5 Å². The third-order valence-corrected chi connectivity index (χ3v) is 2.87. The van der Waals surface area contributed by atoms with Gasteiger partial charge < -0.3 is 9.47 Å². The van der Waals surface area contributed by atoms with Crippen molar-refractivity contribution in [1.29, 1.82) is 0 Å². The Labute approximate surface area is 120 Å². The zero-order valence-corrected chi connectivity index (χ0v) is 12.6. The van der Waals surface area contributed by atoms with Gasteiger partial charge in [-0.15, -0.1) is 0 Å². The van der Waals surface area contributed by atoms with Crippen molar-refractivity contribution >= 4 is 5.97 Å². The highest BCUT2D eigenvalue weighted by molar-refractivity contribution is 5.69. The molecule has 0 aliphatic carbocycles. The first-order chi connectivity index (χ1) is 9.43. The fraction of sp³-hybridized carbons (Fsp3) is 0.562. The first kappa shape index (κ1) is 16.6. The van der Waals surface area contributed by atoms with E-state index in [0.29, 0.717) is 6.42 Å². The molecule has 0 saturated heterocycles. The van der Waals surface area contributed by atoms with Gasteiger partial charge in [0.05, 0.1) is 6.10 Å². The van der Waals surface area contributed by atoms with Crippen LogP contribution in [0, 0.1) is 12.7 Å². The third kappa shape index (κ3) is 5.29. The lowest BCUT2D eigenvalue weighted by Gasteiger charge is -2.22. The van der Waals surface area contributed by atoms with Gasteiger partial charge in [-0.1, -0.05) is 13.0 Å². The molecule has 0 aliphatic heterocycles. The summed E-state index contributed by atoms with van der Waals surface area (Å²) in [5.74, 6) is -0.568. The minimum absolute atomic E-state index is 0.0347. The van der Waals surface area contributed by atoms with Crippen molar-refractivity contribution in [3.63, 3.8) is 0 Å². The van der Waals surface area contributed by atoms with Gasteiger partial charge in [-0.05, 0) is 50.5 Å². The van der Waals surface area contributed by atoms with E-state index in [4.69, 9.17) is 9.47 Å². The lowest BCUT2D eigenvalue weighted by atomic mass is 10.0. The van der Waals surface area contributed by atoms with E-state index in [-0.39, 0.29) is 24.5 Å². The molecule has 0 heterocycles. The molecule has 1 aromatic carbocycles. The van der Waals surface area contributed by atoms with E-state index < -0.39 is 6.10 Å². The highest BCUT2D eigenvalue weighted by atomic mass is 19.1. The van der Waals surface area contributed by atoms with Gasteiger partial charge in [-0.3, -0.25) is 4.79 Å². The van der Waals surface area contributed by atoms with Crippen LogP contribution in [0.25, 0.3) is 0 Å². The second kappa shape index (κ2) is 8.00. The Kier molecular flexibility index (Phi) is 6.65. The Morgan fingerprint density at radius 2 is 2.05 bits per heavy atom. The molecule has 0 N–H and O–H groups in total. The van der Waals surface area contributed by atoms with Gasteiger partial charge in [0, 0.05) is 6.42 Å². The number of ether oxygens (including phenoxy) is 2. The standard InChI is InChI=1S/C16H23FO3/c1-5-6-16(18)19-10-15(20-11(2)3)14-9-13(17)8-7-12(14)4/h7-9,11,15H,5-6,10H2,1-4H3/t15-/m0/s1. The number of halogens is 1. The molecule has 0 aliphatic rings. The number of hydrogen-bond acceptors (Lipinski definition) is 3. The van der Waals surface area contributed by atoms with Crippen LogP contribution in [0.15, 0.2) is 18.2 Å². The molecule has 0 spiro atoms. The monoisotopic (exact) mass is 282 g/mol. The van der Waals surface area contributed by atoms with E-state index in [9.17, 15) is 9.18 Å². The smallest absolute Gasteiger partial charge is 0.305 e. The maximum absolute atomic E-state index is 13.4. The Hall–Kier alpha value is -1.42. The molecule has 1 rings (SSSR count). The second-order valence-corrected chi connectivity index (χ2v) is 5.11. The average Bonchev–Trinajstić information content (AvgIpc) is 2.37. The molecule has 0 saturated carbocycles. The summed E-state index contributed by atoms with van der Waals surface area (Å²) >= 11 is 0. The molecule has 1 aromatic rings. The molecular weight excluding hydrogens is 259 g/mol. The molecule has 0 aromatic heterocycles. The zero-order valence-electron chi connectivity index (χ0n) is 12.6. The van der Waals surface area contributed by atoms with Crippen molar-refractivity contribution in [3.8, 4) is 0 Å². The van der Waals surface area contributed by atoms with Crippen molar-refractivity contribution in [1.82, 2.24) is 0 Å². The van der Waals surface area contributed by atoms with E-state index in [2.05, 4.69) is 0 Å². The summed E-state index contributed by atoms with van der Waals surface area (Å²) in [6, 6.07) is 4.56. The number of benzene rings is 1. The van der Waals surface area contributed by atoms with E-state index >= 15 is 0 Å². The molecule has 3 nitrogen and oxygen atoms in total. The minimum atomic E-state index is -0.438. The first-order valence-electron chi connectivity index (χ1n) is 7.01. The summed E-state index contributed by atoms with van der Waals surface area (Å²) in [6.45, 7) is 7.71. The van der Waals surface area contributed by atoms with Gasteiger partial charge in [-0.25, -0.2) is 4.39 Å². The van der Waals surface area contributed by atoms with Crippen LogP contribution in [0.1, 0.15) is 50.8 Å². The summed E-state index contributed by atoms with van der Waals surface area (Å²) in [5.41, 5.74) is 1.64. The lowest BCUT2D eigenvalue weighted by molar-refractivity contribution is -0.149. The number of aryl methyl sites for hydroxylation is 1. The Morgan fingerprint density at radius 1 is 1.35 bits per heavy atom. The quantitative estimate of drug-likeness (QED) is 0.710. The summed E-state index contributed by atoms with van der Waals surface area (Å²) < 4.78 is 24.4. The molecular formula is C16H23FO3. The third-order valence-electron chi connectivity index (χ3n) is 2.87. The van der Waals surface area contributed by atoms with Crippen LogP contribution in [0.2, 0.25) is 0 Å². The summed E-state index contributed by atoms with van der Waals surface area (Å²) in [4.78, 5) is 11.5. The Morgan fingerprint density at radius 3 is 2.65 bits per heavy atom. The van der Waals surface area contributed by atoms with Crippen LogP contribution in [0.5, 0.6) is 0 Å². The highest BCUT2D eigenvalue weighted by Gasteiger charge is 2.19. The second-order valence-electron chi connectivity index (χ2n) is 5.11. The van der Waals surface area contributed by atoms with Crippen LogP contribution in [0.4, 0.5) is 4.39 Å². The van der Waals surface area contributed by atoms with Crippen molar-refractivity contribution in [2.45, 2.75) is 52.7 Å². The van der Waals surface area contributed by atoms with Gasteiger partial charge in [0.15, 0.2) is 0 Å². The van der Waals surface area contributed by atoms with Gasteiger partial charge in [0.2, 0.25) is 0 Å². The maximum Gasteiger partial charge on any atom is 0.305 e. The molecule has 112 valence electrons. The lowest BCUT2D eigenvalue weighted by Crippen LogP contribution is -2.19. The molecule has 0 unspecified atom stereocenters. The average molecular weight is 282 g/mol. The van der Waals surface area contributed by atoms with Crippen molar-refractivity contribution in [2.24, 2.45) is 0 Å². The van der Waals surface area contributed by atoms with Gasteiger partial charge in [-0.2, -0.15) is 0 Å². The van der Waals surface area contributed by atoms with Gasteiger partial charge in [0.1, 0.15) is 18.5 Å².